The van der Waals surface area contributed by atoms with Gasteiger partial charge in [0.15, 0.2) is 5.05 Å². The molecular weight excluding hydrogens is 136 g/mol. The molecule has 0 aromatic rings. The Morgan fingerprint density at radius 1 is 1.78 bits per heavy atom. The van der Waals surface area contributed by atoms with Crippen LogP contribution in [0.25, 0.3) is 0 Å². The zero-order chi connectivity index (χ0) is 7.28. The Labute approximate surface area is 60.8 Å². The molecule has 0 aromatic carbocycles. The number of rotatable bonds is 3. The second kappa shape index (κ2) is 4.70. The van der Waals surface area contributed by atoms with Gasteiger partial charge in [-0.3, -0.25) is 0 Å². The molecule has 0 aliphatic carbocycles. The third-order valence-corrected chi connectivity index (χ3v) is 1.47. The highest BCUT2D eigenvalue weighted by molar-refractivity contribution is 7.80. The molecule has 1 atom stereocenters. The quantitative estimate of drug-likeness (QED) is 0.608. The Kier molecular flexibility index (Phi) is 4.62. The van der Waals surface area contributed by atoms with E-state index in [9.17, 15) is 0 Å². The molecule has 3 heteroatoms. The third-order valence-electron chi connectivity index (χ3n) is 1.04. The lowest BCUT2D eigenvalue weighted by molar-refractivity contribution is 0.199. The highest BCUT2D eigenvalue weighted by atomic mass is 32.1. The molecule has 0 unspecified atom stereocenters. The predicted octanol–water partition coefficient (Wildman–Crippen LogP) is 1.12. The van der Waals surface area contributed by atoms with Crippen LogP contribution in [-0.4, -0.2) is 23.4 Å². The minimum Gasteiger partial charge on any atom is -0.488 e. The SMILES string of the molecule is CCC[C@@H](O)C(=S)OC. The predicted molar refractivity (Wildman–Crippen MR) is 40.5 cm³/mol. The lowest BCUT2D eigenvalue weighted by Gasteiger charge is -2.07. The van der Waals surface area contributed by atoms with Crippen LogP contribution in [0.3, 0.4) is 0 Å². The molecule has 0 saturated heterocycles. The summed E-state index contributed by atoms with van der Waals surface area (Å²) in [5.74, 6) is 0. The van der Waals surface area contributed by atoms with Crippen molar-refractivity contribution in [3.63, 3.8) is 0 Å². The summed E-state index contributed by atoms with van der Waals surface area (Å²) >= 11 is 4.67. The van der Waals surface area contributed by atoms with Crippen molar-refractivity contribution in [1.82, 2.24) is 0 Å². The van der Waals surface area contributed by atoms with Crippen molar-refractivity contribution in [3.8, 4) is 0 Å². The molecule has 0 spiro atoms. The summed E-state index contributed by atoms with van der Waals surface area (Å²) in [6.45, 7) is 1.99. The fourth-order valence-corrected chi connectivity index (χ4v) is 0.645. The molecule has 0 aliphatic heterocycles. The zero-order valence-corrected chi connectivity index (χ0v) is 6.57. The van der Waals surface area contributed by atoms with Gasteiger partial charge < -0.3 is 9.84 Å². The van der Waals surface area contributed by atoms with Crippen LogP contribution < -0.4 is 0 Å². The number of methoxy groups -OCH3 is 1. The van der Waals surface area contributed by atoms with E-state index in [0.717, 1.165) is 6.42 Å². The number of thiocarbonyl (C=S) groups is 1. The van der Waals surface area contributed by atoms with E-state index in [0.29, 0.717) is 6.42 Å². The summed E-state index contributed by atoms with van der Waals surface area (Å²) in [4.78, 5) is 0. The van der Waals surface area contributed by atoms with Crippen molar-refractivity contribution >= 4 is 17.3 Å². The Morgan fingerprint density at radius 2 is 2.33 bits per heavy atom. The number of hydrogen-bond donors (Lipinski definition) is 1. The van der Waals surface area contributed by atoms with Crippen molar-refractivity contribution in [2.45, 2.75) is 25.9 Å². The van der Waals surface area contributed by atoms with Gasteiger partial charge in [0.2, 0.25) is 0 Å². The monoisotopic (exact) mass is 148 g/mol. The van der Waals surface area contributed by atoms with E-state index >= 15 is 0 Å². The molecule has 0 radical (unpaired) electrons. The normalized spacial score (nSPS) is 12.8. The van der Waals surface area contributed by atoms with Crippen LogP contribution in [0.1, 0.15) is 19.8 Å². The second-order valence-corrected chi connectivity index (χ2v) is 2.23. The summed E-state index contributed by atoms with van der Waals surface area (Å²) < 4.78 is 4.65. The number of aliphatic hydroxyl groups excluding tert-OH is 1. The van der Waals surface area contributed by atoms with Crippen LogP contribution in [0.5, 0.6) is 0 Å². The first-order chi connectivity index (χ1) is 4.22. The minimum atomic E-state index is -0.560. The molecule has 0 heterocycles. The molecule has 0 aliphatic rings. The zero-order valence-electron chi connectivity index (χ0n) is 5.76. The summed E-state index contributed by atoms with van der Waals surface area (Å²) in [6.07, 6.45) is 1.05. The van der Waals surface area contributed by atoms with E-state index in [1.165, 1.54) is 7.11 Å². The van der Waals surface area contributed by atoms with Gasteiger partial charge in [0, 0.05) is 0 Å². The summed E-state index contributed by atoms with van der Waals surface area (Å²) in [5, 5.41) is 9.34. The van der Waals surface area contributed by atoms with E-state index in [1.54, 1.807) is 0 Å². The first-order valence-corrected chi connectivity index (χ1v) is 3.39. The number of hydrogen-bond acceptors (Lipinski definition) is 3. The first-order valence-electron chi connectivity index (χ1n) is 2.98. The lowest BCUT2D eigenvalue weighted by atomic mass is 10.2. The Balaban J connectivity index is 3.45. The van der Waals surface area contributed by atoms with Gasteiger partial charge in [0.25, 0.3) is 0 Å². The van der Waals surface area contributed by atoms with E-state index in [2.05, 4.69) is 17.0 Å². The highest BCUT2D eigenvalue weighted by Gasteiger charge is 2.07. The summed E-state index contributed by atoms with van der Waals surface area (Å²) in [7, 11) is 1.47. The maximum absolute atomic E-state index is 9.05. The van der Waals surface area contributed by atoms with Gasteiger partial charge in [-0.2, -0.15) is 0 Å². The molecule has 9 heavy (non-hydrogen) atoms. The fourth-order valence-electron chi connectivity index (χ4n) is 0.527. The van der Waals surface area contributed by atoms with E-state index in [4.69, 9.17) is 5.11 Å². The lowest BCUT2D eigenvalue weighted by Crippen LogP contribution is -2.19. The van der Waals surface area contributed by atoms with Crippen LogP contribution in [0, 0.1) is 0 Å². The van der Waals surface area contributed by atoms with E-state index in [-0.39, 0.29) is 5.05 Å². The Hall–Kier alpha value is -0.150. The fraction of sp³-hybridized carbons (Fsp3) is 0.833. The van der Waals surface area contributed by atoms with Gasteiger partial charge >= 0.3 is 0 Å². The number of ether oxygens (including phenoxy) is 1. The van der Waals surface area contributed by atoms with Crippen LogP contribution in [0.15, 0.2) is 0 Å². The molecular formula is C6H12O2S. The van der Waals surface area contributed by atoms with Crippen LogP contribution in [-0.2, 0) is 4.74 Å². The van der Waals surface area contributed by atoms with Crippen LogP contribution in [0.4, 0.5) is 0 Å². The molecule has 1 N–H and O–H groups in total. The first kappa shape index (κ1) is 8.85. The molecule has 0 bridgehead atoms. The van der Waals surface area contributed by atoms with Crippen molar-refractivity contribution in [3.05, 3.63) is 0 Å². The molecule has 2 nitrogen and oxygen atoms in total. The van der Waals surface area contributed by atoms with E-state index < -0.39 is 6.10 Å². The maximum Gasteiger partial charge on any atom is 0.188 e. The van der Waals surface area contributed by atoms with Crippen molar-refractivity contribution in [1.29, 1.82) is 0 Å². The van der Waals surface area contributed by atoms with Crippen LogP contribution in [0.2, 0.25) is 0 Å². The average Bonchev–Trinajstić information content (AvgIpc) is 1.87. The highest BCUT2D eigenvalue weighted by Crippen LogP contribution is 1.98. The Bertz CT molecular complexity index is 93.1. The van der Waals surface area contributed by atoms with Gasteiger partial charge in [-0.25, -0.2) is 0 Å². The van der Waals surface area contributed by atoms with Crippen molar-refractivity contribution in [2.75, 3.05) is 7.11 Å². The van der Waals surface area contributed by atoms with Crippen molar-refractivity contribution < 1.29 is 9.84 Å². The van der Waals surface area contributed by atoms with E-state index in [1.807, 2.05) is 6.92 Å². The standard InChI is InChI=1S/C6H12O2S/c1-3-4-5(7)6(9)8-2/h5,7H,3-4H2,1-2H3/t5-/m1/s1. The van der Waals surface area contributed by atoms with Gasteiger partial charge in [0.05, 0.1) is 7.11 Å². The number of aliphatic hydroxyl groups is 1. The Morgan fingerprint density at radius 3 is 2.67 bits per heavy atom. The summed E-state index contributed by atoms with van der Waals surface area (Å²) in [5.41, 5.74) is 0. The topological polar surface area (TPSA) is 29.5 Å². The van der Waals surface area contributed by atoms with Gasteiger partial charge in [-0.05, 0) is 18.6 Å². The van der Waals surface area contributed by atoms with Gasteiger partial charge in [0.1, 0.15) is 6.10 Å². The second-order valence-electron chi connectivity index (χ2n) is 1.83. The van der Waals surface area contributed by atoms with Crippen LogP contribution >= 0.6 is 12.2 Å². The molecule has 0 saturated carbocycles. The third kappa shape index (κ3) is 3.43. The molecule has 0 amide bonds. The smallest absolute Gasteiger partial charge is 0.188 e. The van der Waals surface area contributed by atoms with Crippen molar-refractivity contribution in [2.24, 2.45) is 0 Å². The van der Waals surface area contributed by atoms with Gasteiger partial charge in [-0.1, -0.05) is 13.3 Å². The molecule has 54 valence electrons. The van der Waals surface area contributed by atoms with Gasteiger partial charge in [-0.15, -0.1) is 0 Å². The maximum atomic E-state index is 9.05. The summed E-state index contributed by atoms with van der Waals surface area (Å²) in [6, 6.07) is 0. The average molecular weight is 148 g/mol. The minimum absolute atomic E-state index is 0.289. The molecule has 0 aromatic heterocycles. The molecule has 0 rings (SSSR count). The largest absolute Gasteiger partial charge is 0.488 e. The molecule has 0 fully saturated rings.